The van der Waals surface area contributed by atoms with Gasteiger partial charge in [0.05, 0.1) is 6.42 Å². The zero-order valence-corrected chi connectivity index (χ0v) is 11.6. The van der Waals surface area contributed by atoms with Gasteiger partial charge < -0.3 is 10.2 Å². The van der Waals surface area contributed by atoms with Gasteiger partial charge in [0.15, 0.2) is 0 Å². The summed E-state index contributed by atoms with van der Waals surface area (Å²) in [6.45, 7) is 3.21. The van der Waals surface area contributed by atoms with Crippen molar-refractivity contribution in [2.75, 3.05) is 0 Å². The monoisotopic (exact) mass is 302 g/mol. The number of rotatable bonds is 5. The molecule has 1 rings (SSSR count). The van der Waals surface area contributed by atoms with E-state index >= 15 is 0 Å². The maximum absolute atomic E-state index is 11.6. The minimum atomic E-state index is -5.19. The Hall–Kier alpha value is -1.93. The highest BCUT2D eigenvalue weighted by Gasteiger charge is 2.54. The van der Waals surface area contributed by atoms with E-state index in [1.807, 2.05) is 0 Å². The van der Waals surface area contributed by atoms with Gasteiger partial charge in [-0.25, -0.2) is 0 Å². The van der Waals surface area contributed by atoms with Crippen LogP contribution in [0.15, 0.2) is 18.2 Å². The summed E-state index contributed by atoms with van der Waals surface area (Å²) in [6.07, 6.45) is -1.27. The van der Waals surface area contributed by atoms with Gasteiger partial charge in [-0.05, 0) is 19.4 Å². The molecule has 0 fully saturated rings. The van der Waals surface area contributed by atoms with Crippen molar-refractivity contribution in [3.63, 3.8) is 0 Å². The first-order valence-electron chi connectivity index (χ1n) is 5.51. The first-order valence-corrected chi connectivity index (χ1v) is 6.95. The van der Waals surface area contributed by atoms with E-state index in [-0.39, 0.29) is 5.56 Å². The molecule has 0 aliphatic carbocycles. The molecule has 0 amide bonds. The highest BCUT2D eigenvalue weighted by atomic mass is 32.2. The number of carbonyl (C=O) groups is 2. The van der Waals surface area contributed by atoms with Gasteiger partial charge in [-0.2, -0.15) is 8.42 Å². The molecule has 110 valence electrons. The topological polar surface area (TPSA) is 129 Å². The molecule has 0 saturated carbocycles. The van der Waals surface area contributed by atoms with Gasteiger partial charge in [0.2, 0.25) is 4.75 Å². The van der Waals surface area contributed by atoms with Crippen LogP contribution >= 0.6 is 0 Å². The first-order chi connectivity index (χ1) is 9.00. The normalized spacial score (nSPS) is 14.6. The summed E-state index contributed by atoms with van der Waals surface area (Å²) >= 11 is 0. The van der Waals surface area contributed by atoms with Gasteiger partial charge >= 0.3 is 11.9 Å². The highest BCUT2D eigenvalue weighted by Crippen LogP contribution is 2.35. The van der Waals surface area contributed by atoms with E-state index in [2.05, 4.69) is 0 Å². The molecule has 0 aliphatic rings. The lowest BCUT2D eigenvalue weighted by atomic mass is 9.92. The Balaban J connectivity index is 3.75. The van der Waals surface area contributed by atoms with Crippen molar-refractivity contribution in [3.05, 3.63) is 34.9 Å². The minimum absolute atomic E-state index is 0.285. The molecule has 0 aliphatic heterocycles. The Kier molecular flexibility index (Phi) is 4.21. The standard InChI is InChI=1S/C12H14O7S/c1-7-3-8(2)5-9(4-7)12(11(15)16,6-10(13)14)20(17,18)19/h3-5H,6H2,1-2H3,(H,13,14)(H,15,16)(H,17,18,19). The maximum Gasteiger partial charge on any atom is 0.332 e. The van der Waals surface area contributed by atoms with Crippen LogP contribution in [0.4, 0.5) is 0 Å². The second-order valence-corrected chi connectivity index (χ2v) is 6.20. The zero-order valence-electron chi connectivity index (χ0n) is 10.8. The second-order valence-electron chi connectivity index (χ2n) is 4.55. The highest BCUT2D eigenvalue weighted by molar-refractivity contribution is 7.87. The van der Waals surface area contributed by atoms with Crippen LogP contribution in [0.3, 0.4) is 0 Å². The van der Waals surface area contributed by atoms with Crippen LogP contribution in [0, 0.1) is 13.8 Å². The Morgan fingerprint density at radius 3 is 1.85 bits per heavy atom. The Bertz CT molecular complexity index is 642. The van der Waals surface area contributed by atoms with Crippen LogP contribution in [0.1, 0.15) is 23.1 Å². The van der Waals surface area contributed by atoms with Crippen molar-refractivity contribution in [2.45, 2.75) is 25.0 Å². The SMILES string of the molecule is Cc1cc(C)cc(C(CC(=O)O)(C(=O)O)S(=O)(=O)O)c1. The van der Waals surface area contributed by atoms with Gasteiger partial charge in [0.1, 0.15) is 0 Å². The summed E-state index contributed by atoms with van der Waals surface area (Å²) in [4.78, 5) is 22.3. The molecule has 7 nitrogen and oxygen atoms in total. The molecule has 0 radical (unpaired) electrons. The third kappa shape index (κ3) is 2.81. The van der Waals surface area contributed by atoms with E-state index in [4.69, 9.17) is 5.11 Å². The maximum atomic E-state index is 11.6. The molecule has 0 aromatic heterocycles. The fourth-order valence-electron chi connectivity index (χ4n) is 2.07. The van der Waals surface area contributed by atoms with Gasteiger partial charge in [0.25, 0.3) is 10.1 Å². The van der Waals surface area contributed by atoms with Crippen LogP contribution in [0.5, 0.6) is 0 Å². The number of carboxylic acids is 2. The summed E-state index contributed by atoms with van der Waals surface area (Å²) in [5.74, 6) is -3.59. The van der Waals surface area contributed by atoms with Crippen molar-refractivity contribution >= 4 is 22.1 Å². The first kappa shape index (κ1) is 16.1. The van der Waals surface area contributed by atoms with E-state index in [1.165, 1.54) is 12.1 Å². The summed E-state index contributed by atoms with van der Waals surface area (Å²) in [7, 11) is -5.19. The summed E-state index contributed by atoms with van der Waals surface area (Å²) < 4.78 is 29.5. The van der Waals surface area contributed by atoms with Crippen molar-refractivity contribution < 1.29 is 32.8 Å². The van der Waals surface area contributed by atoms with Crippen LogP contribution < -0.4 is 0 Å². The minimum Gasteiger partial charge on any atom is -0.481 e. The van der Waals surface area contributed by atoms with E-state index in [1.54, 1.807) is 19.9 Å². The van der Waals surface area contributed by atoms with Gasteiger partial charge in [-0.3, -0.25) is 14.1 Å². The lowest BCUT2D eigenvalue weighted by Gasteiger charge is -2.25. The van der Waals surface area contributed by atoms with Crippen LogP contribution in [-0.2, 0) is 24.5 Å². The number of aliphatic carboxylic acids is 2. The largest absolute Gasteiger partial charge is 0.481 e. The number of benzene rings is 1. The number of aryl methyl sites for hydroxylation is 2. The van der Waals surface area contributed by atoms with E-state index in [0.717, 1.165) is 0 Å². The number of carboxylic acid groups (broad SMARTS) is 2. The molecule has 8 heteroatoms. The van der Waals surface area contributed by atoms with Crippen LogP contribution in [-0.4, -0.2) is 35.1 Å². The summed E-state index contributed by atoms with van der Waals surface area (Å²) in [5.41, 5.74) is 0.826. The van der Waals surface area contributed by atoms with Crippen molar-refractivity contribution in [2.24, 2.45) is 0 Å². The Labute approximate surface area is 115 Å². The fourth-order valence-corrected chi connectivity index (χ4v) is 3.01. The Morgan fingerprint density at radius 1 is 1.10 bits per heavy atom. The molecule has 20 heavy (non-hydrogen) atoms. The predicted octanol–water partition coefficient (Wildman–Crippen LogP) is 0.946. The lowest BCUT2D eigenvalue weighted by molar-refractivity contribution is -0.147. The average Bonchev–Trinajstić information content (AvgIpc) is 2.21. The molecule has 0 heterocycles. The average molecular weight is 302 g/mol. The van der Waals surface area contributed by atoms with E-state index in [9.17, 15) is 27.7 Å². The molecule has 1 aromatic carbocycles. The fraction of sp³-hybridized carbons (Fsp3) is 0.333. The number of hydrogen-bond donors (Lipinski definition) is 3. The predicted molar refractivity (Wildman–Crippen MR) is 69.0 cm³/mol. The second kappa shape index (κ2) is 5.22. The van der Waals surface area contributed by atoms with Crippen LogP contribution in [0.25, 0.3) is 0 Å². The molecule has 1 aromatic rings. The van der Waals surface area contributed by atoms with Crippen molar-refractivity contribution in [1.82, 2.24) is 0 Å². The Morgan fingerprint density at radius 2 is 1.55 bits per heavy atom. The smallest absolute Gasteiger partial charge is 0.332 e. The lowest BCUT2D eigenvalue weighted by Crippen LogP contribution is -2.45. The third-order valence-corrected chi connectivity index (χ3v) is 4.31. The number of hydrogen-bond acceptors (Lipinski definition) is 4. The summed E-state index contributed by atoms with van der Waals surface area (Å²) in [6, 6.07) is 4.14. The van der Waals surface area contributed by atoms with E-state index < -0.39 is 33.2 Å². The van der Waals surface area contributed by atoms with Gasteiger partial charge in [-0.1, -0.05) is 29.3 Å². The van der Waals surface area contributed by atoms with Gasteiger partial charge in [0, 0.05) is 0 Å². The van der Waals surface area contributed by atoms with E-state index in [0.29, 0.717) is 11.1 Å². The third-order valence-electron chi connectivity index (χ3n) is 2.87. The van der Waals surface area contributed by atoms with Crippen molar-refractivity contribution in [1.29, 1.82) is 0 Å². The quantitative estimate of drug-likeness (QED) is 0.690. The molecule has 0 saturated heterocycles. The molecular formula is C12H14O7S. The molecular weight excluding hydrogens is 288 g/mol. The molecule has 1 unspecified atom stereocenters. The molecule has 0 bridgehead atoms. The molecule has 1 atom stereocenters. The zero-order chi connectivity index (χ0) is 15.7. The van der Waals surface area contributed by atoms with Crippen LogP contribution in [0.2, 0.25) is 0 Å². The van der Waals surface area contributed by atoms with Crippen molar-refractivity contribution in [3.8, 4) is 0 Å². The molecule has 3 N–H and O–H groups in total. The van der Waals surface area contributed by atoms with Gasteiger partial charge in [-0.15, -0.1) is 0 Å². The summed E-state index contributed by atoms with van der Waals surface area (Å²) in [5, 5.41) is 18.1. The molecule has 0 spiro atoms.